The molecule has 2 aromatic rings. The van der Waals surface area contributed by atoms with Crippen LogP contribution in [0.4, 0.5) is 29.9 Å². The number of piperidine rings is 1. The van der Waals surface area contributed by atoms with Crippen LogP contribution in [-0.4, -0.2) is 79.2 Å². The van der Waals surface area contributed by atoms with Gasteiger partial charge in [-0.15, -0.1) is 0 Å². The van der Waals surface area contributed by atoms with Gasteiger partial charge in [0, 0.05) is 44.0 Å². The predicted molar refractivity (Wildman–Crippen MR) is 135 cm³/mol. The van der Waals surface area contributed by atoms with Crippen molar-refractivity contribution in [3.05, 3.63) is 53.2 Å². The lowest BCUT2D eigenvalue weighted by molar-refractivity contribution is -0.134. The van der Waals surface area contributed by atoms with E-state index in [-0.39, 0.29) is 49.3 Å². The highest BCUT2D eigenvalue weighted by Gasteiger charge is 2.38. The Morgan fingerprint density at radius 1 is 1.13 bits per heavy atom. The number of pyridine rings is 1. The molecule has 0 bridgehead atoms. The van der Waals surface area contributed by atoms with E-state index in [1.165, 1.54) is 4.90 Å². The lowest BCUT2D eigenvalue weighted by Crippen LogP contribution is -2.62. The molecule has 1 aromatic carbocycles. The predicted octanol–water partition coefficient (Wildman–Crippen LogP) is 2.04. The second-order valence-corrected chi connectivity index (χ2v) is 10.0. The molecule has 1 aromatic heterocycles. The van der Waals surface area contributed by atoms with E-state index in [2.05, 4.69) is 15.6 Å². The summed E-state index contributed by atoms with van der Waals surface area (Å²) in [6, 6.07) is 5.40. The number of carbonyl (C=O) groups excluding carboxylic acids is 4. The summed E-state index contributed by atoms with van der Waals surface area (Å²) in [6.07, 6.45) is 0.673. The van der Waals surface area contributed by atoms with E-state index in [1.807, 2.05) is 13.0 Å². The van der Waals surface area contributed by atoms with Gasteiger partial charge in [0.1, 0.15) is 23.6 Å². The van der Waals surface area contributed by atoms with Gasteiger partial charge < -0.3 is 19.9 Å². The average Bonchev–Trinajstić information content (AvgIpc) is 2.83. The molecule has 5 rings (SSSR count). The van der Waals surface area contributed by atoms with E-state index in [1.54, 1.807) is 29.1 Å². The minimum absolute atomic E-state index is 0.0176. The summed E-state index contributed by atoms with van der Waals surface area (Å²) < 4.78 is 34.9. The summed E-state index contributed by atoms with van der Waals surface area (Å²) in [5.74, 6) is -3.43. The largest absolute Gasteiger partial charge is 0.442 e. The van der Waals surface area contributed by atoms with Gasteiger partial charge in [-0.2, -0.15) is 0 Å². The number of carbonyl (C=O) groups is 4. The number of anilines is 2. The number of aryl methyl sites for hydroxylation is 1. The van der Waals surface area contributed by atoms with Crippen LogP contribution in [0.1, 0.15) is 29.9 Å². The summed E-state index contributed by atoms with van der Waals surface area (Å²) in [7, 11) is 1.63. The van der Waals surface area contributed by atoms with Crippen LogP contribution in [0.2, 0.25) is 0 Å². The van der Waals surface area contributed by atoms with Crippen LogP contribution in [0.25, 0.3) is 0 Å². The molecule has 0 spiro atoms. The van der Waals surface area contributed by atoms with Crippen LogP contribution in [-0.2, 0) is 14.3 Å². The maximum atomic E-state index is 14.8. The van der Waals surface area contributed by atoms with Gasteiger partial charge in [-0.05, 0) is 37.1 Å². The molecule has 1 unspecified atom stereocenters. The first-order chi connectivity index (χ1) is 18.6. The van der Waals surface area contributed by atoms with Crippen molar-refractivity contribution < 1.29 is 32.7 Å². The number of nitrogens with zero attached hydrogens (tertiary/aromatic N) is 4. The molecule has 11 nitrogen and oxygen atoms in total. The monoisotopic (exact) mass is 542 g/mol. The van der Waals surface area contributed by atoms with Gasteiger partial charge in [0.25, 0.3) is 0 Å². The number of halogens is 2. The van der Waals surface area contributed by atoms with Gasteiger partial charge in [-0.25, -0.2) is 23.4 Å². The highest BCUT2D eigenvalue weighted by atomic mass is 19.1. The molecule has 206 valence electrons. The Balaban J connectivity index is 1.06. The number of urea groups is 1. The third kappa shape index (κ3) is 5.47. The number of likely N-dealkylation sites (tertiary alicyclic amines) is 1. The Kier molecular flexibility index (Phi) is 7.06. The minimum Gasteiger partial charge on any atom is -0.442 e. The zero-order chi connectivity index (χ0) is 27.8. The molecule has 0 radical (unpaired) electrons. The fourth-order valence-corrected chi connectivity index (χ4v) is 4.83. The molecule has 3 aliphatic heterocycles. The molecule has 4 heterocycles. The summed E-state index contributed by atoms with van der Waals surface area (Å²) in [4.78, 5) is 57.2. The molecule has 0 aliphatic carbocycles. The third-order valence-corrected chi connectivity index (χ3v) is 7.14. The highest BCUT2D eigenvalue weighted by molar-refractivity contribution is 6.01. The molecular weight excluding hydrogens is 514 g/mol. The molecule has 3 saturated heterocycles. The number of nitrogens with one attached hydrogen (secondary N) is 2. The van der Waals surface area contributed by atoms with Gasteiger partial charge in [0.2, 0.25) is 11.8 Å². The number of hydrogen-bond acceptors (Lipinski definition) is 7. The van der Waals surface area contributed by atoms with E-state index < -0.39 is 41.6 Å². The van der Waals surface area contributed by atoms with Crippen LogP contribution in [0.15, 0.2) is 30.5 Å². The molecule has 1 atom stereocenters. The molecule has 39 heavy (non-hydrogen) atoms. The smallest absolute Gasteiger partial charge is 0.407 e. The standard InChI is InChI=1S/C26H28F2N6O5/c1-14-3-5-21(29-9-14)32(2)26(38)34-12-17(13-34)39-25(37)30-15-10-33(11-15)16-7-19(27)23(20(28)8-16)18-4-6-22(35)31-24(18)36/h3,5,7-9,15,17-18H,4,6,10-13H2,1-2H3,(H,30,37)(H,31,35,36). The number of alkyl carbamates (subject to hydrolysis) is 1. The van der Waals surface area contributed by atoms with Gasteiger partial charge >= 0.3 is 12.1 Å². The summed E-state index contributed by atoms with van der Waals surface area (Å²) in [5.41, 5.74) is 0.921. The highest BCUT2D eigenvalue weighted by Crippen LogP contribution is 2.33. The topological polar surface area (TPSA) is 124 Å². The van der Waals surface area contributed by atoms with Crippen molar-refractivity contribution in [1.82, 2.24) is 20.5 Å². The number of benzene rings is 1. The van der Waals surface area contributed by atoms with E-state index in [4.69, 9.17) is 4.74 Å². The van der Waals surface area contributed by atoms with Gasteiger partial charge in [-0.3, -0.25) is 19.8 Å². The van der Waals surface area contributed by atoms with Crippen molar-refractivity contribution in [2.45, 2.75) is 37.8 Å². The van der Waals surface area contributed by atoms with E-state index in [9.17, 15) is 28.0 Å². The van der Waals surface area contributed by atoms with Crippen LogP contribution in [0.3, 0.4) is 0 Å². The van der Waals surface area contributed by atoms with Gasteiger partial charge in [0.05, 0.1) is 25.0 Å². The molecular formula is C26H28F2N6O5. The second kappa shape index (κ2) is 10.5. The van der Waals surface area contributed by atoms with Crippen LogP contribution < -0.4 is 20.4 Å². The first-order valence-electron chi connectivity index (χ1n) is 12.6. The second-order valence-electron chi connectivity index (χ2n) is 10.0. The summed E-state index contributed by atoms with van der Waals surface area (Å²) in [6.45, 7) is 3.06. The van der Waals surface area contributed by atoms with Crippen molar-refractivity contribution in [2.24, 2.45) is 0 Å². The van der Waals surface area contributed by atoms with Crippen molar-refractivity contribution in [3.63, 3.8) is 0 Å². The lowest BCUT2D eigenvalue weighted by Gasteiger charge is -2.42. The van der Waals surface area contributed by atoms with Gasteiger partial charge in [-0.1, -0.05) is 6.07 Å². The molecule has 5 amide bonds. The average molecular weight is 543 g/mol. The van der Waals surface area contributed by atoms with Crippen LogP contribution in [0, 0.1) is 18.6 Å². The quantitative estimate of drug-likeness (QED) is 0.554. The van der Waals surface area contributed by atoms with E-state index in [0.29, 0.717) is 18.9 Å². The Hall–Kier alpha value is -4.29. The third-order valence-electron chi connectivity index (χ3n) is 7.14. The number of aromatic nitrogens is 1. The van der Waals surface area contributed by atoms with Crippen molar-refractivity contribution >= 4 is 35.4 Å². The number of imide groups is 1. The molecule has 3 fully saturated rings. The molecule has 0 saturated carbocycles. The van der Waals surface area contributed by atoms with E-state index >= 15 is 0 Å². The zero-order valence-corrected chi connectivity index (χ0v) is 21.4. The van der Waals surface area contributed by atoms with Crippen LogP contribution >= 0.6 is 0 Å². The molecule has 3 aliphatic rings. The van der Waals surface area contributed by atoms with Gasteiger partial charge in [0.15, 0.2) is 0 Å². The van der Waals surface area contributed by atoms with E-state index in [0.717, 1.165) is 17.7 Å². The van der Waals surface area contributed by atoms with Crippen molar-refractivity contribution in [3.8, 4) is 0 Å². The first kappa shape index (κ1) is 26.3. The Labute approximate surface area is 223 Å². The van der Waals surface area contributed by atoms with Crippen molar-refractivity contribution in [2.75, 3.05) is 43.0 Å². The Morgan fingerprint density at radius 3 is 2.44 bits per heavy atom. The summed E-state index contributed by atoms with van der Waals surface area (Å²) in [5, 5.41) is 4.83. The molecule has 2 N–H and O–H groups in total. The molecule has 13 heteroatoms. The number of ether oxygens (including phenoxy) is 1. The number of rotatable bonds is 5. The maximum Gasteiger partial charge on any atom is 0.407 e. The maximum absolute atomic E-state index is 14.8. The SMILES string of the molecule is Cc1ccc(N(C)C(=O)N2CC(OC(=O)NC3CN(c4cc(F)c(C5CCC(=O)NC5=O)c(F)c4)C3)C2)nc1. The number of amides is 5. The Bertz CT molecular complexity index is 1290. The number of hydrogen-bond donors (Lipinski definition) is 2. The minimum atomic E-state index is -1.06. The normalized spacial score (nSPS) is 19.6. The summed E-state index contributed by atoms with van der Waals surface area (Å²) >= 11 is 0. The zero-order valence-electron chi connectivity index (χ0n) is 21.4. The lowest BCUT2D eigenvalue weighted by atomic mass is 9.89. The fourth-order valence-electron chi connectivity index (χ4n) is 4.83. The van der Waals surface area contributed by atoms with Crippen LogP contribution in [0.5, 0.6) is 0 Å². The first-order valence-corrected chi connectivity index (χ1v) is 12.6. The van der Waals surface area contributed by atoms with Crippen molar-refractivity contribution in [1.29, 1.82) is 0 Å². The Morgan fingerprint density at radius 2 is 1.82 bits per heavy atom. The fraction of sp³-hybridized carbons (Fsp3) is 0.423.